The average molecular weight is 434 g/mol. The lowest BCUT2D eigenvalue weighted by Gasteiger charge is -2.20. The minimum absolute atomic E-state index is 0.116. The number of carbonyl (C=O) groups is 1. The van der Waals surface area contributed by atoms with Crippen LogP contribution in [0.5, 0.6) is 11.5 Å². The van der Waals surface area contributed by atoms with Gasteiger partial charge in [0.05, 0.1) is 22.9 Å². The number of anilines is 1. The summed E-state index contributed by atoms with van der Waals surface area (Å²) in [6.45, 7) is 0.625. The third-order valence-corrected chi connectivity index (χ3v) is 4.66. The molecule has 2 heterocycles. The number of carbonyl (C=O) groups excluding carboxylic acids is 1. The second-order valence-electron chi connectivity index (χ2n) is 5.86. The number of amides is 1. The maximum Gasteiger partial charge on any atom is 0.261 e. The van der Waals surface area contributed by atoms with Crippen molar-refractivity contribution >= 4 is 38.4 Å². The smallest absolute Gasteiger partial charge is 0.261 e. The van der Waals surface area contributed by atoms with Crippen LogP contribution in [0.3, 0.4) is 0 Å². The highest BCUT2D eigenvalue weighted by Gasteiger charge is 2.17. The lowest BCUT2D eigenvalue weighted by molar-refractivity contribution is -0.116. The molecule has 1 aliphatic heterocycles. The van der Waals surface area contributed by atoms with Gasteiger partial charge in [-0.2, -0.15) is 0 Å². The molecule has 0 atom stereocenters. The van der Waals surface area contributed by atoms with Crippen molar-refractivity contribution in [3.05, 3.63) is 57.3 Å². The van der Waals surface area contributed by atoms with E-state index in [4.69, 9.17) is 9.47 Å². The highest BCUT2D eigenvalue weighted by Crippen LogP contribution is 2.38. The summed E-state index contributed by atoms with van der Waals surface area (Å²) in [5.41, 5.74) is 0.362. The van der Waals surface area contributed by atoms with E-state index in [-0.39, 0.29) is 11.9 Å². The number of fused-ring (bicyclic) bond motifs is 2. The summed E-state index contributed by atoms with van der Waals surface area (Å²) < 4.78 is 26.1. The third kappa shape index (κ3) is 3.50. The van der Waals surface area contributed by atoms with Crippen LogP contribution in [-0.2, 0) is 11.3 Å². The number of halogens is 2. The van der Waals surface area contributed by atoms with Crippen LogP contribution in [-0.4, -0.2) is 28.7 Å². The predicted octanol–water partition coefficient (Wildman–Crippen LogP) is 2.71. The molecule has 1 aromatic heterocycles. The van der Waals surface area contributed by atoms with E-state index < -0.39 is 17.3 Å². The molecule has 0 saturated carbocycles. The van der Waals surface area contributed by atoms with E-state index in [1.807, 2.05) is 0 Å². The summed E-state index contributed by atoms with van der Waals surface area (Å²) in [6, 6.07) is 7.11. The molecule has 27 heavy (non-hydrogen) atoms. The van der Waals surface area contributed by atoms with Gasteiger partial charge in [0.2, 0.25) is 5.91 Å². The molecule has 9 heteroatoms. The van der Waals surface area contributed by atoms with E-state index in [0.717, 1.165) is 10.6 Å². The molecule has 0 unspecified atom stereocenters. The second-order valence-corrected chi connectivity index (χ2v) is 6.72. The Bertz CT molecular complexity index is 1120. The average Bonchev–Trinajstić information content (AvgIpc) is 2.65. The molecule has 0 saturated heterocycles. The molecule has 1 amide bonds. The minimum Gasteiger partial charge on any atom is -0.486 e. The van der Waals surface area contributed by atoms with Gasteiger partial charge in [-0.1, -0.05) is 0 Å². The van der Waals surface area contributed by atoms with Gasteiger partial charge in [-0.25, -0.2) is 9.37 Å². The van der Waals surface area contributed by atoms with E-state index in [9.17, 15) is 14.0 Å². The van der Waals surface area contributed by atoms with E-state index >= 15 is 0 Å². The molecule has 3 aromatic rings. The summed E-state index contributed by atoms with van der Waals surface area (Å²) in [5.74, 6) is 0.138. The SMILES string of the molecule is O=C(Cn1cnc2ccc(F)cc2c1=O)Nc1cc2c(cc1Br)OCCO2. The first kappa shape index (κ1) is 17.5. The first-order valence-electron chi connectivity index (χ1n) is 8.05. The Morgan fingerprint density at radius 3 is 2.74 bits per heavy atom. The van der Waals surface area contributed by atoms with Gasteiger partial charge >= 0.3 is 0 Å². The molecule has 0 radical (unpaired) electrons. The number of nitrogens with zero attached hydrogens (tertiary/aromatic N) is 2. The van der Waals surface area contributed by atoms with Crippen molar-refractivity contribution in [1.29, 1.82) is 0 Å². The van der Waals surface area contributed by atoms with Crippen LogP contribution >= 0.6 is 15.9 Å². The number of hydrogen-bond donors (Lipinski definition) is 1. The van der Waals surface area contributed by atoms with Crippen LogP contribution in [0.25, 0.3) is 10.9 Å². The van der Waals surface area contributed by atoms with Gasteiger partial charge < -0.3 is 14.8 Å². The van der Waals surface area contributed by atoms with Crippen LogP contribution in [0.4, 0.5) is 10.1 Å². The van der Waals surface area contributed by atoms with Crippen molar-refractivity contribution in [3.8, 4) is 11.5 Å². The predicted molar refractivity (Wildman–Crippen MR) is 99.7 cm³/mol. The van der Waals surface area contributed by atoms with Crippen molar-refractivity contribution in [2.24, 2.45) is 0 Å². The van der Waals surface area contributed by atoms with Crippen molar-refractivity contribution in [1.82, 2.24) is 9.55 Å². The van der Waals surface area contributed by atoms with Gasteiger partial charge in [-0.05, 0) is 34.1 Å². The highest BCUT2D eigenvalue weighted by atomic mass is 79.9. The topological polar surface area (TPSA) is 82.5 Å². The van der Waals surface area contributed by atoms with Crippen molar-refractivity contribution < 1.29 is 18.7 Å². The Kier molecular flexibility index (Phi) is 4.53. The number of benzene rings is 2. The summed E-state index contributed by atoms with van der Waals surface area (Å²) in [6.07, 6.45) is 1.26. The van der Waals surface area contributed by atoms with Crippen molar-refractivity contribution in [2.75, 3.05) is 18.5 Å². The summed E-state index contributed by atoms with van der Waals surface area (Å²) in [4.78, 5) is 28.9. The largest absolute Gasteiger partial charge is 0.486 e. The highest BCUT2D eigenvalue weighted by molar-refractivity contribution is 9.10. The van der Waals surface area contributed by atoms with Crippen LogP contribution < -0.4 is 20.3 Å². The van der Waals surface area contributed by atoms with Crippen molar-refractivity contribution in [2.45, 2.75) is 6.54 Å². The zero-order valence-electron chi connectivity index (χ0n) is 13.9. The van der Waals surface area contributed by atoms with Crippen LogP contribution in [0.15, 0.2) is 45.9 Å². The first-order chi connectivity index (χ1) is 13.0. The molecule has 0 aliphatic carbocycles. The molecular weight excluding hydrogens is 421 g/mol. The Morgan fingerprint density at radius 2 is 1.96 bits per heavy atom. The van der Waals surface area contributed by atoms with Gasteiger partial charge in [0.15, 0.2) is 11.5 Å². The molecule has 1 aliphatic rings. The molecule has 0 fully saturated rings. The minimum atomic E-state index is -0.538. The van der Waals surface area contributed by atoms with E-state index in [0.29, 0.717) is 40.4 Å². The van der Waals surface area contributed by atoms with Gasteiger partial charge in [0.1, 0.15) is 25.6 Å². The van der Waals surface area contributed by atoms with Crippen molar-refractivity contribution in [3.63, 3.8) is 0 Å². The molecule has 2 aromatic carbocycles. The van der Waals surface area contributed by atoms with Crippen LogP contribution in [0.1, 0.15) is 0 Å². The molecule has 7 nitrogen and oxygen atoms in total. The second kappa shape index (κ2) is 6.99. The number of aromatic nitrogens is 2. The first-order valence-corrected chi connectivity index (χ1v) is 8.84. The monoisotopic (exact) mass is 433 g/mol. The van der Waals surface area contributed by atoms with E-state index in [1.54, 1.807) is 12.1 Å². The maximum atomic E-state index is 13.4. The Hall–Kier alpha value is -2.94. The molecular formula is C18H13BrFN3O4. The fourth-order valence-corrected chi connectivity index (χ4v) is 3.17. The molecule has 1 N–H and O–H groups in total. The zero-order valence-corrected chi connectivity index (χ0v) is 15.5. The Labute approximate surface area is 160 Å². The lowest BCUT2D eigenvalue weighted by atomic mass is 10.2. The Balaban J connectivity index is 1.57. The fourth-order valence-electron chi connectivity index (χ4n) is 2.75. The van der Waals surface area contributed by atoms with Gasteiger partial charge in [-0.3, -0.25) is 14.2 Å². The standard InChI is InChI=1S/C18H13BrFN3O4/c19-12-6-15-16(27-4-3-26-15)7-14(12)22-17(24)8-23-9-21-13-2-1-10(20)5-11(13)18(23)25/h1-2,5-7,9H,3-4,8H2,(H,22,24). The fraction of sp³-hybridized carbons (Fsp3) is 0.167. The van der Waals surface area contributed by atoms with E-state index in [2.05, 4.69) is 26.2 Å². The Morgan fingerprint density at radius 1 is 1.22 bits per heavy atom. The molecule has 4 rings (SSSR count). The molecule has 0 bridgehead atoms. The number of nitrogens with one attached hydrogen (secondary N) is 1. The normalized spacial score (nSPS) is 12.8. The van der Waals surface area contributed by atoms with E-state index in [1.165, 1.54) is 18.5 Å². The van der Waals surface area contributed by atoms with Gasteiger partial charge in [0.25, 0.3) is 5.56 Å². The third-order valence-electron chi connectivity index (χ3n) is 4.01. The summed E-state index contributed by atoms with van der Waals surface area (Å²) >= 11 is 3.37. The maximum absolute atomic E-state index is 13.4. The number of rotatable bonds is 3. The summed E-state index contributed by atoms with van der Waals surface area (Å²) in [7, 11) is 0. The lowest BCUT2D eigenvalue weighted by Crippen LogP contribution is -2.28. The van der Waals surface area contributed by atoms with Gasteiger partial charge in [-0.15, -0.1) is 0 Å². The van der Waals surface area contributed by atoms with Gasteiger partial charge in [0, 0.05) is 16.6 Å². The molecule has 138 valence electrons. The quantitative estimate of drug-likeness (QED) is 0.686. The number of hydrogen-bond acceptors (Lipinski definition) is 5. The summed E-state index contributed by atoms with van der Waals surface area (Å²) in [5, 5.41) is 2.83. The zero-order chi connectivity index (χ0) is 19.0. The number of ether oxygens (including phenoxy) is 2. The molecule has 0 spiro atoms. The van der Waals surface area contributed by atoms with Crippen LogP contribution in [0, 0.1) is 5.82 Å². The van der Waals surface area contributed by atoms with Crippen LogP contribution in [0.2, 0.25) is 0 Å².